The number of hydrogen-bond donors (Lipinski definition) is 1. The van der Waals surface area contributed by atoms with Gasteiger partial charge in [0.05, 0.1) is 4.91 Å². The molecule has 0 radical (unpaired) electrons. The first-order valence-corrected chi connectivity index (χ1v) is 12.0. The molecule has 33 heavy (non-hydrogen) atoms. The van der Waals surface area contributed by atoms with Gasteiger partial charge in [-0.3, -0.25) is 19.9 Å². The largest absolute Gasteiger partial charge is 0.369 e. The molecular formula is C26H26N4O2S. The van der Waals surface area contributed by atoms with Crippen molar-refractivity contribution in [2.24, 2.45) is 0 Å². The van der Waals surface area contributed by atoms with Gasteiger partial charge in [0, 0.05) is 55.2 Å². The van der Waals surface area contributed by atoms with Crippen LogP contribution < -0.4 is 10.2 Å². The molecule has 7 heteroatoms. The van der Waals surface area contributed by atoms with E-state index in [-0.39, 0.29) is 11.1 Å². The van der Waals surface area contributed by atoms with Crippen molar-refractivity contribution in [2.75, 3.05) is 37.6 Å². The molecule has 0 atom stereocenters. The van der Waals surface area contributed by atoms with Crippen LogP contribution in [-0.2, 0) is 4.79 Å². The number of thioether (sulfide) groups is 1. The number of nitrogens with one attached hydrogen (secondary N) is 1. The van der Waals surface area contributed by atoms with Crippen LogP contribution in [0.15, 0.2) is 53.7 Å². The molecule has 6 nitrogen and oxygen atoms in total. The van der Waals surface area contributed by atoms with E-state index >= 15 is 0 Å². The SMILES string of the molecule is CCN1CCN(c2ccc(-c3cncc4ccc(C=C5SC(=O)NC5=O)cc34)cc2C)CC1. The quantitative estimate of drug-likeness (QED) is 0.573. The van der Waals surface area contributed by atoms with E-state index in [4.69, 9.17) is 0 Å². The molecule has 0 spiro atoms. The molecule has 2 aliphatic rings. The first kappa shape index (κ1) is 21.7. The van der Waals surface area contributed by atoms with E-state index in [0.717, 1.165) is 71.9 Å². The zero-order chi connectivity index (χ0) is 22.9. The zero-order valence-corrected chi connectivity index (χ0v) is 19.6. The molecule has 3 aromatic rings. The van der Waals surface area contributed by atoms with Crippen molar-refractivity contribution in [2.45, 2.75) is 13.8 Å². The second-order valence-corrected chi connectivity index (χ2v) is 9.46. The van der Waals surface area contributed by atoms with E-state index < -0.39 is 0 Å². The predicted octanol–water partition coefficient (Wildman–Crippen LogP) is 4.68. The van der Waals surface area contributed by atoms with E-state index in [2.05, 4.69) is 58.2 Å². The van der Waals surface area contributed by atoms with Gasteiger partial charge >= 0.3 is 0 Å². The number of rotatable bonds is 4. The number of pyridine rings is 1. The molecule has 2 saturated heterocycles. The summed E-state index contributed by atoms with van der Waals surface area (Å²) in [5.74, 6) is -0.342. The molecule has 168 valence electrons. The molecule has 0 bridgehead atoms. The highest BCUT2D eigenvalue weighted by Gasteiger charge is 2.25. The number of amides is 2. The lowest BCUT2D eigenvalue weighted by atomic mass is 9.97. The summed E-state index contributed by atoms with van der Waals surface area (Å²) in [4.78, 5) is 33.3. The van der Waals surface area contributed by atoms with Crippen LogP contribution in [0, 0.1) is 6.92 Å². The van der Waals surface area contributed by atoms with Crippen molar-refractivity contribution >= 4 is 45.4 Å². The Morgan fingerprint density at radius 3 is 2.58 bits per heavy atom. The number of carbonyl (C=O) groups is 2. The number of hydrogen-bond acceptors (Lipinski definition) is 6. The normalized spacial score (nSPS) is 18.4. The number of aryl methyl sites for hydroxylation is 1. The lowest BCUT2D eigenvalue weighted by molar-refractivity contribution is -0.115. The average Bonchev–Trinajstić information content (AvgIpc) is 3.15. The molecule has 5 rings (SSSR count). The highest BCUT2D eigenvalue weighted by molar-refractivity contribution is 8.18. The molecule has 0 unspecified atom stereocenters. The number of carbonyl (C=O) groups excluding carboxylic acids is 2. The van der Waals surface area contributed by atoms with Gasteiger partial charge < -0.3 is 9.80 Å². The average molecular weight is 459 g/mol. The van der Waals surface area contributed by atoms with Gasteiger partial charge in [0.1, 0.15) is 0 Å². The maximum atomic E-state index is 11.9. The minimum atomic E-state index is -0.342. The fourth-order valence-electron chi connectivity index (χ4n) is 4.56. The lowest BCUT2D eigenvalue weighted by Crippen LogP contribution is -2.46. The fraction of sp³-hybridized carbons (Fsp3) is 0.269. The topological polar surface area (TPSA) is 65.5 Å². The summed E-state index contributed by atoms with van der Waals surface area (Å²) in [5, 5.41) is 4.08. The Kier molecular flexibility index (Phi) is 5.91. The molecule has 3 heterocycles. The molecule has 1 N–H and O–H groups in total. The third-order valence-electron chi connectivity index (χ3n) is 6.39. The zero-order valence-electron chi connectivity index (χ0n) is 18.8. The summed E-state index contributed by atoms with van der Waals surface area (Å²) in [6.07, 6.45) is 5.51. The smallest absolute Gasteiger partial charge is 0.290 e. The molecule has 2 aliphatic heterocycles. The standard InChI is InChI=1S/C26H26N4O2S/c1-3-29-8-10-30(11-9-29)23-7-6-19(12-17(23)2)22-16-27-15-20-5-4-18(13-21(20)22)14-24-25(31)28-26(32)33-24/h4-7,12-16H,3,8-11H2,1-2H3,(H,28,31,32). The Balaban J connectivity index is 1.48. The maximum absolute atomic E-state index is 11.9. The Bertz CT molecular complexity index is 1280. The van der Waals surface area contributed by atoms with Gasteiger partial charge in [-0.05, 0) is 71.6 Å². The van der Waals surface area contributed by atoms with Crippen LogP contribution in [0.25, 0.3) is 28.0 Å². The third kappa shape index (κ3) is 4.38. The van der Waals surface area contributed by atoms with Crippen LogP contribution in [0.3, 0.4) is 0 Å². The lowest BCUT2D eigenvalue weighted by Gasteiger charge is -2.36. The van der Waals surface area contributed by atoms with Gasteiger partial charge in [-0.25, -0.2) is 0 Å². The summed E-state index contributed by atoms with van der Waals surface area (Å²) in [5.41, 5.74) is 5.60. The minimum absolute atomic E-state index is 0.330. The first-order valence-electron chi connectivity index (χ1n) is 11.2. The van der Waals surface area contributed by atoms with Crippen LogP contribution in [0.4, 0.5) is 10.5 Å². The fourth-order valence-corrected chi connectivity index (χ4v) is 5.24. The van der Waals surface area contributed by atoms with Crippen molar-refractivity contribution in [1.29, 1.82) is 0 Å². The van der Waals surface area contributed by atoms with Crippen LogP contribution in [-0.4, -0.2) is 53.8 Å². The molecular weight excluding hydrogens is 432 g/mol. The third-order valence-corrected chi connectivity index (χ3v) is 7.20. The second-order valence-electron chi connectivity index (χ2n) is 8.44. The highest BCUT2D eigenvalue weighted by atomic mass is 32.2. The van der Waals surface area contributed by atoms with Gasteiger partial charge in [-0.15, -0.1) is 0 Å². The van der Waals surface area contributed by atoms with Crippen molar-refractivity contribution in [3.05, 3.63) is 64.8 Å². The van der Waals surface area contributed by atoms with Gasteiger partial charge in [-0.1, -0.05) is 25.1 Å². The van der Waals surface area contributed by atoms with Crippen molar-refractivity contribution in [3.63, 3.8) is 0 Å². The highest BCUT2D eigenvalue weighted by Crippen LogP contribution is 2.33. The van der Waals surface area contributed by atoms with Crippen molar-refractivity contribution in [3.8, 4) is 11.1 Å². The van der Waals surface area contributed by atoms with E-state index in [1.54, 1.807) is 6.08 Å². The number of piperazine rings is 1. The number of aromatic nitrogens is 1. The number of fused-ring (bicyclic) bond motifs is 1. The molecule has 2 aromatic carbocycles. The Morgan fingerprint density at radius 2 is 1.88 bits per heavy atom. The van der Waals surface area contributed by atoms with Crippen LogP contribution in [0.1, 0.15) is 18.1 Å². The van der Waals surface area contributed by atoms with E-state index in [1.165, 1.54) is 11.3 Å². The van der Waals surface area contributed by atoms with Gasteiger partial charge in [0.15, 0.2) is 0 Å². The summed E-state index contributed by atoms with van der Waals surface area (Å²) in [7, 11) is 0. The first-order chi connectivity index (χ1) is 16.0. The van der Waals surface area contributed by atoms with Crippen molar-refractivity contribution in [1.82, 2.24) is 15.2 Å². The summed E-state index contributed by atoms with van der Waals surface area (Å²) < 4.78 is 0. The van der Waals surface area contributed by atoms with E-state index in [9.17, 15) is 9.59 Å². The van der Waals surface area contributed by atoms with E-state index in [1.807, 2.05) is 24.5 Å². The Morgan fingerprint density at radius 1 is 1.06 bits per heavy atom. The molecule has 2 amide bonds. The molecule has 0 saturated carbocycles. The van der Waals surface area contributed by atoms with E-state index in [0.29, 0.717) is 4.91 Å². The van der Waals surface area contributed by atoms with Crippen LogP contribution >= 0.6 is 11.8 Å². The number of likely N-dealkylation sites (N-methyl/N-ethyl adjacent to an activating group) is 1. The predicted molar refractivity (Wildman–Crippen MR) is 135 cm³/mol. The number of anilines is 1. The maximum Gasteiger partial charge on any atom is 0.290 e. The van der Waals surface area contributed by atoms with Gasteiger partial charge in [0.2, 0.25) is 0 Å². The Labute approximate surface area is 197 Å². The number of benzene rings is 2. The second kappa shape index (κ2) is 9.00. The van der Waals surface area contributed by atoms with Gasteiger partial charge in [-0.2, -0.15) is 0 Å². The number of imide groups is 1. The summed E-state index contributed by atoms with van der Waals surface area (Å²) in [6, 6.07) is 12.6. The minimum Gasteiger partial charge on any atom is -0.369 e. The summed E-state index contributed by atoms with van der Waals surface area (Å²) >= 11 is 0.935. The summed E-state index contributed by atoms with van der Waals surface area (Å²) in [6.45, 7) is 9.81. The Hall–Kier alpha value is -3.16. The molecule has 2 fully saturated rings. The van der Waals surface area contributed by atoms with Crippen molar-refractivity contribution < 1.29 is 9.59 Å². The molecule has 0 aliphatic carbocycles. The van der Waals surface area contributed by atoms with Crippen LogP contribution in [0.5, 0.6) is 0 Å². The van der Waals surface area contributed by atoms with Gasteiger partial charge in [0.25, 0.3) is 11.1 Å². The monoisotopic (exact) mass is 458 g/mol. The molecule has 1 aromatic heterocycles. The van der Waals surface area contributed by atoms with Crippen LogP contribution in [0.2, 0.25) is 0 Å². The number of nitrogens with zero attached hydrogens (tertiary/aromatic N) is 3.